The Morgan fingerprint density at radius 1 is 1.12 bits per heavy atom. The lowest BCUT2D eigenvalue weighted by Crippen LogP contribution is -2.27. The van der Waals surface area contributed by atoms with E-state index in [2.05, 4.69) is 18.4 Å². The molecule has 1 aliphatic rings. The first-order chi connectivity index (χ1) is 8.04. The van der Waals surface area contributed by atoms with Gasteiger partial charge in [0.05, 0.1) is 27.4 Å². The first-order valence-electron chi connectivity index (χ1n) is 5.08. The van der Waals surface area contributed by atoms with Gasteiger partial charge in [-0.3, -0.25) is 8.37 Å². The monoisotopic (exact) mass is 273 g/mol. The molecule has 0 aliphatic carbocycles. The Morgan fingerprint density at radius 2 is 1.47 bits per heavy atom. The summed E-state index contributed by atoms with van der Waals surface area (Å²) in [5.41, 5.74) is 10.3. The number of rotatable bonds is 6. The molecule has 0 aromatic rings. The number of nitrogens with one attached hydrogen (secondary N) is 1. The summed E-state index contributed by atoms with van der Waals surface area (Å²) in [6, 6.07) is 0. The van der Waals surface area contributed by atoms with Gasteiger partial charge in [-0.2, -0.15) is 8.42 Å². The summed E-state index contributed by atoms with van der Waals surface area (Å²) in [5, 5.41) is 3.03. The van der Waals surface area contributed by atoms with E-state index < -0.39 is 10.4 Å². The van der Waals surface area contributed by atoms with E-state index in [1.54, 1.807) is 0 Å². The third kappa shape index (κ3) is 25.7. The van der Waals surface area contributed by atoms with Crippen LogP contribution in [0.25, 0.3) is 0 Å². The summed E-state index contributed by atoms with van der Waals surface area (Å²) in [4.78, 5) is 0. The Balaban J connectivity index is 0. The topological polar surface area (TPSA) is 129 Å². The normalized spacial score (nSPS) is 12.9. The number of hydrogen-bond acceptors (Lipinski definition) is 8. The second kappa shape index (κ2) is 13.8. The van der Waals surface area contributed by atoms with E-state index in [4.69, 9.17) is 11.5 Å². The van der Waals surface area contributed by atoms with Crippen molar-refractivity contribution in [1.82, 2.24) is 5.32 Å². The molecule has 0 atom stereocenters. The molecule has 1 fully saturated rings. The molecule has 8 nitrogen and oxygen atoms in total. The maximum absolute atomic E-state index is 9.92. The van der Waals surface area contributed by atoms with Crippen molar-refractivity contribution in [1.29, 1.82) is 0 Å². The second-order valence-corrected chi connectivity index (χ2v) is 4.16. The van der Waals surface area contributed by atoms with Gasteiger partial charge in [-0.05, 0) is 0 Å². The molecular formula is C8H23N3O5S. The van der Waals surface area contributed by atoms with E-state index in [0.29, 0.717) is 13.1 Å². The van der Waals surface area contributed by atoms with Crippen LogP contribution < -0.4 is 16.8 Å². The zero-order valence-corrected chi connectivity index (χ0v) is 11.2. The highest BCUT2D eigenvalue weighted by Gasteiger charge is 2.01. The third-order valence-corrected chi connectivity index (χ3v) is 2.07. The molecule has 0 unspecified atom stereocenters. The van der Waals surface area contributed by atoms with Crippen LogP contribution in [0.4, 0.5) is 0 Å². The van der Waals surface area contributed by atoms with Crippen LogP contribution in [0.5, 0.6) is 0 Å². The van der Waals surface area contributed by atoms with Crippen molar-refractivity contribution in [3.8, 4) is 0 Å². The van der Waals surface area contributed by atoms with Crippen molar-refractivity contribution in [2.45, 2.75) is 0 Å². The van der Waals surface area contributed by atoms with Gasteiger partial charge in [0, 0.05) is 26.2 Å². The number of nitrogens with two attached hydrogens (primary N) is 2. The van der Waals surface area contributed by atoms with Crippen LogP contribution in [0.1, 0.15) is 0 Å². The Morgan fingerprint density at radius 3 is 1.59 bits per heavy atom. The molecule has 17 heavy (non-hydrogen) atoms. The standard InChI is InChI=1S/C4H13N3.C2H6O4S.C2H4O/c5-1-3-7-4-2-6;1-5-7(3,4)6-2;1-2-3-1/h7H,1-6H2;1-2H3;1-2H2. The molecule has 0 aromatic carbocycles. The quantitative estimate of drug-likeness (QED) is 0.375. The maximum Gasteiger partial charge on any atom is 0.399 e. The molecule has 0 radical (unpaired) electrons. The van der Waals surface area contributed by atoms with Gasteiger partial charge in [-0.15, -0.1) is 0 Å². The minimum Gasteiger partial charge on any atom is -0.377 e. The van der Waals surface area contributed by atoms with Gasteiger partial charge in [0.1, 0.15) is 0 Å². The van der Waals surface area contributed by atoms with Crippen LogP contribution in [0.2, 0.25) is 0 Å². The van der Waals surface area contributed by atoms with E-state index in [1.807, 2.05) is 0 Å². The summed E-state index contributed by atoms with van der Waals surface area (Å²) in [7, 11) is -1.60. The molecule has 0 saturated carbocycles. The highest BCUT2D eigenvalue weighted by atomic mass is 32.3. The molecule has 5 N–H and O–H groups in total. The first-order valence-corrected chi connectivity index (χ1v) is 6.42. The summed E-state index contributed by atoms with van der Waals surface area (Å²) < 4.78 is 32.0. The Bertz CT molecular complexity index is 217. The number of epoxide rings is 1. The molecule has 106 valence electrons. The number of ether oxygens (including phenoxy) is 1. The molecule has 9 heteroatoms. The van der Waals surface area contributed by atoms with Gasteiger partial charge >= 0.3 is 10.4 Å². The average molecular weight is 273 g/mol. The van der Waals surface area contributed by atoms with Gasteiger partial charge in [-0.25, -0.2) is 0 Å². The van der Waals surface area contributed by atoms with E-state index in [0.717, 1.165) is 40.5 Å². The lowest BCUT2D eigenvalue weighted by atomic mass is 10.6. The summed E-state index contributed by atoms with van der Waals surface area (Å²) >= 11 is 0. The average Bonchev–Trinajstić information content (AvgIpc) is 3.18. The van der Waals surface area contributed by atoms with Gasteiger partial charge in [-0.1, -0.05) is 0 Å². The SMILES string of the molecule is C1CO1.COS(=O)(=O)OC.NCCNCCN. The molecular weight excluding hydrogens is 250 g/mol. The van der Waals surface area contributed by atoms with Crippen molar-refractivity contribution < 1.29 is 21.5 Å². The molecule has 1 heterocycles. The fourth-order valence-electron chi connectivity index (χ4n) is 0.397. The minimum absolute atomic E-state index is 0.694. The van der Waals surface area contributed by atoms with Crippen LogP contribution >= 0.6 is 0 Å². The van der Waals surface area contributed by atoms with E-state index in [1.165, 1.54) is 0 Å². The zero-order chi connectivity index (χ0) is 13.6. The van der Waals surface area contributed by atoms with Crippen molar-refractivity contribution >= 4 is 10.4 Å². The lowest BCUT2D eigenvalue weighted by Gasteiger charge is -1.95. The lowest BCUT2D eigenvalue weighted by molar-refractivity contribution is 0.286. The predicted octanol–water partition coefficient (Wildman–Crippen LogP) is -1.97. The second-order valence-electron chi connectivity index (χ2n) is 2.68. The van der Waals surface area contributed by atoms with Crippen molar-refractivity contribution in [2.75, 3.05) is 53.6 Å². The molecule has 0 bridgehead atoms. The van der Waals surface area contributed by atoms with Crippen LogP contribution in [-0.2, 0) is 23.5 Å². The van der Waals surface area contributed by atoms with Crippen molar-refractivity contribution in [3.05, 3.63) is 0 Å². The van der Waals surface area contributed by atoms with Gasteiger partial charge in [0.2, 0.25) is 0 Å². The minimum atomic E-state index is -3.66. The van der Waals surface area contributed by atoms with Gasteiger partial charge in [0.25, 0.3) is 0 Å². The Kier molecular flexibility index (Phi) is 15.4. The zero-order valence-electron chi connectivity index (χ0n) is 10.3. The molecule has 1 aliphatic heterocycles. The highest BCUT2D eigenvalue weighted by Crippen LogP contribution is 1.86. The largest absolute Gasteiger partial charge is 0.399 e. The van der Waals surface area contributed by atoms with Crippen molar-refractivity contribution in [2.24, 2.45) is 11.5 Å². The van der Waals surface area contributed by atoms with Crippen LogP contribution in [0.3, 0.4) is 0 Å². The fourth-order valence-corrected chi connectivity index (χ4v) is 0.533. The van der Waals surface area contributed by atoms with Crippen LogP contribution in [-0.4, -0.2) is 62.0 Å². The van der Waals surface area contributed by atoms with Crippen LogP contribution in [0.15, 0.2) is 0 Å². The van der Waals surface area contributed by atoms with E-state index >= 15 is 0 Å². The van der Waals surface area contributed by atoms with E-state index in [-0.39, 0.29) is 0 Å². The molecule has 0 spiro atoms. The fraction of sp³-hybridized carbons (Fsp3) is 1.00. The van der Waals surface area contributed by atoms with Gasteiger partial charge in [0.15, 0.2) is 0 Å². The Labute approximate surface area is 103 Å². The predicted molar refractivity (Wildman–Crippen MR) is 64.7 cm³/mol. The van der Waals surface area contributed by atoms with Crippen LogP contribution in [0, 0.1) is 0 Å². The summed E-state index contributed by atoms with van der Waals surface area (Å²) in [5.74, 6) is 0. The highest BCUT2D eigenvalue weighted by molar-refractivity contribution is 7.81. The van der Waals surface area contributed by atoms with E-state index in [9.17, 15) is 8.42 Å². The molecule has 0 aromatic heterocycles. The summed E-state index contributed by atoms with van der Waals surface area (Å²) in [6.45, 7) is 5.13. The van der Waals surface area contributed by atoms with Crippen molar-refractivity contribution in [3.63, 3.8) is 0 Å². The molecule has 0 amide bonds. The third-order valence-electron chi connectivity index (χ3n) is 1.25. The number of hydrogen-bond donors (Lipinski definition) is 3. The maximum atomic E-state index is 9.92. The molecule has 1 saturated heterocycles. The molecule has 1 rings (SSSR count). The Hall–Kier alpha value is -0.290. The van der Waals surface area contributed by atoms with Gasteiger partial charge < -0.3 is 21.5 Å². The summed E-state index contributed by atoms with van der Waals surface area (Å²) in [6.07, 6.45) is 0. The smallest absolute Gasteiger partial charge is 0.377 e. The first kappa shape index (κ1) is 19.1.